The number of amides is 3. The summed E-state index contributed by atoms with van der Waals surface area (Å²) in [5.41, 5.74) is 0.231. The second kappa shape index (κ2) is 8.11. The summed E-state index contributed by atoms with van der Waals surface area (Å²) in [6.07, 6.45) is -0.0128. The second-order valence-electron chi connectivity index (χ2n) is 6.73. The topological polar surface area (TPSA) is 96.5 Å². The van der Waals surface area contributed by atoms with Crippen molar-refractivity contribution in [3.8, 4) is 0 Å². The Morgan fingerprint density at radius 2 is 1.96 bits per heavy atom. The molecule has 1 saturated heterocycles. The monoisotopic (exact) mass is 347 g/mol. The van der Waals surface area contributed by atoms with Crippen LogP contribution in [0.2, 0.25) is 0 Å². The van der Waals surface area contributed by atoms with E-state index < -0.39 is 17.7 Å². The number of carbonyl (C=O) groups excluding carboxylic acids is 3. The van der Waals surface area contributed by atoms with E-state index in [1.165, 1.54) is 0 Å². The van der Waals surface area contributed by atoms with Gasteiger partial charge in [-0.3, -0.25) is 14.4 Å². The number of hydrogen-bond donors (Lipinski definition) is 3. The SMILES string of the molecule is CNC(=O)CCC(C)(C)NC(=O)[C@H]1OCC(=O)N[C@@H]1c1ccccc1. The van der Waals surface area contributed by atoms with Crippen molar-refractivity contribution in [3.05, 3.63) is 35.9 Å². The number of morpholine rings is 1. The molecule has 136 valence electrons. The van der Waals surface area contributed by atoms with Crippen LogP contribution in [-0.2, 0) is 19.1 Å². The third-order valence-electron chi connectivity index (χ3n) is 4.15. The number of rotatable bonds is 6. The van der Waals surface area contributed by atoms with Gasteiger partial charge in [-0.2, -0.15) is 0 Å². The molecule has 1 aliphatic rings. The van der Waals surface area contributed by atoms with E-state index in [9.17, 15) is 14.4 Å². The van der Waals surface area contributed by atoms with Crippen molar-refractivity contribution in [3.63, 3.8) is 0 Å². The summed E-state index contributed by atoms with van der Waals surface area (Å²) < 4.78 is 5.51. The summed E-state index contributed by atoms with van der Waals surface area (Å²) in [5, 5.41) is 8.31. The first-order valence-corrected chi connectivity index (χ1v) is 8.31. The van der Waals surface area contributed by atoms with E-state index in [-0.39, 0.29) is 24.3 Å². The normalized spacial score (nSPS) is 20.5. The van der Waals surface area contributed by atoms with E-state index in [0.29, 0.717) is 12.8 Å². The average molecular weight is 347 g/mol. The molecule has 3 N–H and O–H groups in total. The predicted octanol–water partition coefficient (Wildman–Crippen LogP) is 0.664. The second-order valence-corrected chi connectivity index (χ2v) is 6.73. The van der Waals surface area contributed by atoms with Crippen LogP contribution in [0.3, 0.4) is 0 Å². The Morgan fingerprint density at radius 3 is 2.60 bits per heavy atom. The molecule has 0 spiro atoms. The van der Waals surface area contributed by atoms with Gasteiger partial charge in [0.15, 0.2) is 6.10 Å². The fourth-order valence-electron chi connectivity index (χ4n) is 2.72. The summed E-state index contributed by atoms with van der Waals surface area (Å²) in [7, 11) is 1.58. The standard InChI is InChI=1S/C18H25N3O4/c1-18(2,10-9-13(22)19-3)21-17(24)16-15(20-14(23)11-25-16)12-7-5-4-6-8-12/h4-8,15-16H,9-11H2,1-3H3,(H,19,22)(H,20,23)(H,21,24)/t15-,16+/m1/s1. The Hall–Kier alpha value is -2.41. The number of ether oxygens (including phenoxy) is 1. The number of benzene rings is 1. The number of hydrogen-bond acceptors (Lipinski definition) is 4. The fraction of sp³-hybridized carbons (Fsp3) is 0.500. The van der Waals surface area contributed by atoms with Gasteiger partial charge in [-0.25, -0.2) is 0 Å². The van der Waals surface area contributed by atoms with Crippen molar-refractivity contribution < 1.29 is 19.1 Å². The van der Waals surface area contributed by atoms with Gasteiger partial charge in [0.1, 0.15) is 6.61 Å². The molecule has 2 rings (SSSR count). The molecule has 1 fully saturated rings. The minimum Gasteiger partial charge on any atom is -0.359 e. The first-order chi connectivity index (χ1) is 11.8. The highest BCUT2D eigenvalue weighted by Crippen LogP contribution is 2.23. The Kier molecular flexibility index (Phi) is 6.14. The van der Waals surface area contributed by atoms with Crippen molar-refractivity contribution in [2.45, 2.75) is 44.4 Å². The smallest absolute Gasteiger partial charge is 0.252 e. The highest BCUT2D eigenvalue weighted by Gasteiger charge is 2.37. The molecule has 25 heavy (non-hydrogen) atoms. The lowest BCUT2D eigenvalue weighted by Gasteiger charge is -2.35. The van der Waals surface area contributed by atoms with Gasteiger partial charge in [0.05, 0.1) is 6.04 Å². The maximum atomic E-state index is 12.7. The fourth-order valence-corrected chi connectivity index (χ4v) is 2.72. The van der Waals surface area contributed by atoms with Crippen LogP contribution in [-0.4, -0.2) is 43.0 Å². The van der Waals surface area contributed by atoms with Gasteiger partial charge in [0, 0.05) is 19.0 Å². The minimum atomic E-state index is -0.820. The van der Waals surface area contributed by atoms with Gasteiger partial charge < -0.3 is 20.7 Å². The molecule has 1 aliphatic heterocycles. The predicted molar refractivity (Wildman–Crippen MR) is 92.6 cm³/mol. The molecule has 1 heterocycles. The van der Waals surface area contributed by atoms with E-state index in [4.69, 9.17) is 4.74 Å². The maximum absolute atomic E-state index is 12.7. The van der Waals surface area contributed by atoms with Crippen LogP contribution in [0.4, 0.5) is 0 Å². The zero-order valence-electron chi connectivity index (χ0n) is 14.8. The molecule has 0 aliphatic carbocycles. The molecule has 7 heteroatoms. The third-order valence-corrected chi connectivity index (χ3v) is 4.15. The Labute approximate surface area is 147 Å². The lowest BCUT2D eigenvalue weighted by Crippen LogP contribution is -2.56. The van der Waals surface area contributed by atoms with Crippen molar-refractivity contribution in [1.29, 1.82) is 0 Å². The largest absolute Gasteiger partial charge is 0.359 e. The highest BCUT2D eigenvalue weighted by atomic mass is 16.5. The zero-order valence-corrected chi connectivity index (χ0v) is 14.8. The highest BCUT2D eigenvalue weighted by molar-refractivity contribution is 5.86. The van der Waals surface area contributed by atoms with Gasteiger partial charge in [0.2, 0.25) is 11.8 Å². The number of carbonyl (C=O) groups is 3. The van der Waals surface area contributed by atoms with Crippen molar-refractivity contribution in [2.75, 3.05) is 13.7 Å². The molecule has 0 saturated carbocycles. The molecule has 0 radical (unpaired) electrons. The molecule has 7 nitrogen and oxygen atoms in total. The summed E-state index contributed by atoms with van der Waals surface area (Å²) in [6, 6.07) is 8.70. The first kappa shape index (κ1) is 18.9. The van der Waals surface area contributed by atoms with Crippen LogP contribution in [0.25, 0.3) is 0 Å². The van der Waals surface area contributed by atoms with E-state index >= 15 is 0 Å². The third kappa shape index (κ3) is 5.29. The minimum absolute atomic E-state index is 0.0781. The Balaban J connectivity index is 2.07. The molecule has 0 aromatic heterocycles. The summed E-state index contributed by atoms with van der Waals surface area (Å²) >= 11 is 0. The Bertz CT molecular complexity index is 630. The van der Waals surface area contributed by atoms with Crippen molar-refractivity contribution in [1.82, 2.24) is 16.0 Å². The van der Waals surface area contributed by atoms with E-state index in [1.807, 2.05) is 44.2 Å². The van der Waals surface area contributed by atoms with Gasteiger partial charge in [0.25, 0.3) is 5.91 Å². The van der Waals surface area contributed by atoms with Crippen LogP contribution in [0.5, 0.6) is 0 Å². The van der Waals surface area contributed by atoms with Crippen molar-refractivity contribution >= 4 is 17.7 Å². The molecule has 3 amide bonds. The maximum Gasteiger partial charge on any atom is 0.252 e. The van der Waals surface area contributed by atoms with E-state index in [0.717, 1.165) is 5.56 Å². The lowest BCUT2D eigenvalue weighted by molar-refractivity contribution is -0.149. The quantitative estimate of drug-likeness (QED) is 0.704. The molecule has 0 unspecified atom stereocenters. The molecular weight excluding hydrogens is 322 g/mol. The first-order valence-electron chi connectivity index (χ1n) is 8.31. The molecule has 1 aromatic rings. The van der Waals surface area contributed by atoms with Crippen LogP contribution in [0.1, 0.15) is 38.3 Å². The van der Waals surface area contributed by atoms with Crippen molar-refractivity contribution in [2.24, 2.45) is 0 Å². The van der Waals surface area contributed by atoms with Gasteiger partial charge >= 0.3 is 0 Å². The van der Waals surface area contributed by atoms with Crippen LogP contribution in [0.15, 0.2) is 30.3 Å². The van der Waals surface area contributed by atoms with Crippen LogP contribution < -0.4 is 16.0 Å². The summed E-state index contributed by atoms with van der Waals surface area (Å²) in [5.74, 6) is -0.641. The Morgan fingerprint density at radius 1 is 1.28 bits per heavy atom. The summed E-state index contributed by atoms with van der Waals surface area (Å²) in [6.45, 7) is 3.56. The lowest BCUT2D eigenvalue weighted by atomic mass is 9.95. The zero-order chi connectivity index (χ0) is 18.4. The van der Waals surface area contributed by atoms with E-state index in [1.54, 1.807) is 7.05 Å². The van der Waals surface area contributed by atoms with Crippen LogP contribution >= 0.6 is 0 Å². The van der Waals surface area contributed by atoms with E-state index in [2.05, 4.69) is 16.0 Å². The van der Waals surface area contributed by atoms with Gasteiger partial charge in [-0.05, 0) is 25.8 Å². The van der Waals surface area contributed by atoms with Gasteiger partial charge in [-0.1, -0.05) is 30.3 Å². The molecule has 1 aromatic carbocycles. The van der Waals surface area contributed by atoms with Gasteiger partial charge in [-0.15, -0.1) is 0 Å². The average Bonchev–Trinajstić information content (AvgIpc) is 2.60. The molecule has 2 atom stereocenters. The molecule has 0 bridgehead atoms. The number of nitrogens with one attached hydrogen (secondary N) is 3. The molecular formula is C18H25N3O4. The summed E-state index contributed by atoms with van der Waals surface area (Å²) in [4.78, 5) is 35.9. The van der Waals surface area contributed by atoms with Crippen LogP contribution in [0, 0.1) is 0 Å².